The van der Waals surface area contributed by atoms with Gasteiger partial charge >= 0.3 is 0 Å². The van der Waals surface area contributed by atoms with Crippen LogP contribution in [-0.2, 0) is 20.1 Å². The molecule has 1 aromatic heterocycles. The number of benzene rings is 1. The van der Waals surface area contributed by atoms with Crippen LogP contribution in [0.4, 0.5) is 10.1 Å². The standard InChI is InChI=1S/C19H29FN8/c1-4-27-7-9-28(10-8-27)17-6-5-15(11-16(17)20)12-22-19(21-2)23-13-18-24-14-25-26(18)3/h5-6,11,14H,4,7-10,12-13H2,1-3H3,(H2,21,22,23). The van der Waals surface area contributed by atoms with Crippen LogP contribution in [0.3, 0.4) is 0 Å². The Hall–Kier alpha value is -2.68. The zero-order valence-corrected chi connectivity index (χ0v) is 16.8. The lowest BCUT2D eigenvalue weighted by molar-refractivity contribution is 0.270. The summed E-state index contributed by atoms with van der Waals surface area (Å²) in [7, 11) is 3.54. The summed E-state index contributed by atoms with van der Waals surface area (Å²) in [4.78, 5) is 12.9. The van der Waals surface area contributed by atoms with E-state index < -0.39 is 0 Å². The van der Waals surface area contributed by atoms with E-state index in [-0.39, 0.29) is 5.82 Å². The minimum absolute atomic E-state index is 0.175. The van der Waals surface area contributed by atoms with Gasteiger partial charge in [-0.2, -0.15) is 5.10 Å². The van der Waals surface area contributed by atoms with Crippen molar-refractivity contribution in [2.75, 3.05) is 44.7 Å². The van der Waals surface area contributed by atoms with Gasteiger partial charge in [0.1, 0.15) is 18.0 Å². The van der Waals surface area contributed by atoms with Crippen LogP contribution in [-0.4, -0.2) is 65.4 Å². The van der Waals surface area contributed by atoms with E-state index in [1.165, 1.54) is 6.33 Å². The van der Waals surface area contributed by atoms with Crippen LogP contribution >= 0.6 is 0 Å². The van der Waals surface area contributed by atoms with Gasteiger partial charge in [0.05, 0.1) is 12.2 Å². The molecule has 0 unspecified atom stereocenters. The number of aromatic nitrogens is 3. The molecule has 2 heterocycles. The summed E-state index contributed by atoms with van der Waals surface area (Å²) >= 11 is 0. The van der Waals surface area contributed by atoms with Crippen molar-refractivity contribution in [1.29, 1.82) is 0 Å². The maximum Gasteiger partial charge on any atom is 0.191 e. The van der Waals surface area contributed by atoms with Crippen molar-refractivity contribution in [2.45, 2.75) is 20.0 Å². The first kappa shape index (κ1) is 20.1. The molecule has 2 aromatic rings. The molecule has 1 aliphatic heterocycles. The van der Waals surface area contributed by atoms with Crippen LogP contribution in [0.25, 0.3) is 0 Å². The first-order chi connectivity index (χ1) is 13.6. The second kappa shape index (κ2) is 9.50. The third-order valence-corrected chi connectivity index (χ3v) is 5.07. The molecule has 0 radical (unpaired) electrons. The molecule has 28 heavy (non-hydrogen) atoms. The number of guanidine groups is 1. The minimum Gasteiger partial charge on any atom is -0.367 e. The third-order valence-electron chi connectivity index (χ3n) is 5.07. The van der Waals surface area contributed by atoms with Crippen LogP contribution in [0, 0.1) is 5.82 Å². The molecule has 1 saturated heterocycles. The van der Waals surface area contributed by atoms with Crippen molar-refractivity contribution in [3.05, 3.63) is 41.7 Å². The Labute approximate surface area is 165 Å². The lowest BCUT2D eigenvalue weighted by Crippen LogP contribution is -2.46. The highest BCUT2D eigenvalue weighted by Gasteiger charge is 2.18. The van der Waals surface area contributed by atoms with E-state index in [1.807, 2.05) is 19.2 Å². The number of nitrogens with one attached hydrogen (secondary N) is 2. The van der Waals surface area contributed by atoms with E-state index >= 15 is 0 Å². The van der Waals surface area contributed by atoms with Gasteiger partial charge in [-0.15, -0.1) is 0 Å². The molecule has 3 rings (SSSR count). The maximum atomic E-state index is 14.7. The van der Waals surface area contributed by atoms with Crippen LogP contribution < -0.4 is 15.5 Å². The molecule has 1 aromatic carbocycles. The number of aryl methyl sites for hydroxylation is 1. The fourth-order valence-electron chi connectivity index (χ4n) is 3.27. The molecule has 0 aliphatic carbocycles. The van der Waals surface area contributed by atoms with E-state index in [2.05, 4.69) is 42.4 Å². The number of halogens is 1. The minimum atomic E-state index is -0.175. The van der Waals surface area contributed by atoms with Crippen molar-refractivity contribution in [2.24, 2.45) is 12.0 Å². The summed E-state index contributed by atoms with van der Waals surface area (Å²) < 4.78 is 16.4. The van der Waals surface area contributed by atoms with Crippen LogP contribution in [0.5, 0.6) is 0 Å². The lowest BCUT2D eigenvalue weighted by Gasteiger charge is -2.35. The Balaban J connectivity index is 1.53. The third kappa shape index (κ3) is 4.98. The van der Waals surface area contributed by atoms with Crippen molar-refractivity contribution in [3.8, 4) is 0 Å². The Morgan fingerprint density at radius 2 is 1.93 bits per heavy atom. The Morgan fingerprint density at radius 1 is 1.18 bits per heavy atom. The largest absolute Gasteiger partial charge is 0.367 e. The molecule has 0 atom stereocenters. The molecule has 8 nitrogen and oxygen atoms in total. The van der Waals surface area contributed by atoms with Crippen LogP contribution in [0.1, 0.15) is 18.3 Å². The van der Waals surface area contributed by atoms with E-state index in [4.69, 9.17) is 0 Å². The molecule has 0 saturated carbocycles. The topological polar surface area (TPSA) is 73.6 Å². The molecule has 1 aliphatic rings. The van der Waals surface area contributed by atoms with E-state index in [0.29, 0.717) is 24.7 Å². The lowest BCUT2D eigenvalue weighted by atomic mass is 10.1. The fraction of sp³-hybridized carbons (Fsp3) is 0.526. The number of piperazine rings is 1. The van der Waals surface area contributed by atoms with Gasteiger partial charge in [-0.25, -0.2) is 9.37 Å². The van der Waals surface area contributed by atoms with Gasteiger partial charge in [0.25, 0.3) is 0 Å². The summed E-state index contributed by atoms with van der Waals surface area (Å²) in [5.74, 6) is 1.26. The van der Waals surface area contributed by atoms with Gasteiger partial charge in [-0.3, -0.25) is 9.67 Å². The maximum absolute atomic E-state index is 14.7. The Bertz CT molecular complexity index is 795. The van der Waals surface area contributed by atoms with Crippen molar-refractivity contribution in [1.82, 2.24) is 30.3 Å². The number of hydrogen-bond acceptors (Lipinski definition) is 5. The average molecular weight is 388 g/mol. The Morgan fingerprint density at radius 3 is 2.54 bits per heavy atom. The number of likely N-dealkylation sites (N-methyl/N-ethyl adjacent to an activating group) is 1. The second-order valence-electron chi connectivity index (χ2n) is 6.79. The smallest absolute Gasteiger partial charge is 0.191 e. The van der Waals surface area contributed by atoms with Gasteiger partial charge in [0.2, 0.25) is 0 Å². The predicted octanol–water partition coefficient (Wildman–Crippen LogP) is 0.961. The summed E-state index contributed by atoms with van der Waals surface area (Å²) in [6, 6.07) is 5.45. The van der Waals surface area contributed by atoms with Gasteiger partial charge in [0.15, 0.2) is 5.96 Å². The highest BCUT2D eigenvalue weighted by Crippen LogP contribution is 2.22. The summed E-state index contributed by atoms with van der Waals surface area (Å²) in [6.45, 7) is 7.88. The van der Waals surface area contributed by atoms with E-state index in [1.54, 1.807) is 17.8 Å². The predicted molar refractivity (Wildman–Crippen MR) is 109 cm³/mol. The van der Waals surface area contributed by atoms with Crippen LogP contribution in [0.2, 0.25) is 0 Å². The highest BCUT2D eigenvalue weighted by atomic mass is 19.1. The van der Waals surface area contributed by atoms with E-state index in [9.17, 15) is 4.39 Å². The second-order valence-corrected chi connectivity index (χ2v) is 6.79. The normalized spacial score (nSPS) is 15.7. The number of anilines is 1. The number of aliphatic imine (C=N–C) groups is 1. The quantitative estimate of drug-likeness (QED) is 0.567. The fourth-order valence-corrected chi connectivity index (χ4v) is 3.27. The van der Waals surface area contributed by atoms with Gasteiger partial charge in [-0.05, 0) is 24.2 Å². The summed E-state index contributed by atoms with van der Waals surface area (Å²) in [6.07, 6.45) is 1.51. The molecule has 0 spiro atoms. The molecule has 2 N–H and O–H groups in total. The van der Waals surface area contributed by atoms with Gasteiger partial charge in [0, 0.05) is 46.8 Å². The number of nitrogens with zero attached hydrogens (tertiary/aromatic N) is 6. The average Bonchev–Trinajstić information content (AvgIpc) is 3.13. The van der Waals surface area contributed by atoms with E-state index in [0.717, 1.165) is 44.1 Å². The number of rotatable bonds is 6. The van der Waals surface area contributed by atoms with Crippen molar-refractivity contribution in [3.63, 3.8) is 0 Å². The van der Waals surface area contributed by atoms with Gasteiger partial charge < -0.3 is 20.4 Å². The molecule has 152 valence electrons. The van der Waals surface area contributed by atoms with Crippen molar-refractivity contribution < 1.29 is 4.39 Å². The molecule has 1 fully saturated rings. The molecule has 0 amide bonds. The number of hydrogen-bond donors (Lipinski definition) is 2. The zero-order valence-electron chi connectivity index (χ0n) is 16.8. The molecule has 9 heteroatoms. The summed E-state index contributed by atoms with van der Waals surface area (Å²) in [5, 5.41) is 10.4. The van der Waals surface area contributed by atoms with Crippen molar-refractivity contribution >= 4 is 11.6 Å². The summed E-state index contributed by atoms with van der Waals surface area (Å²) in [5.41, 5.74) is 1.55. The first-order valence-corrected chi connectivity index (χ1v) is 9.63. The molecule has 0 bridgehead atoms. The first-order valence-electron chi connectivity index (χ1n) is 9.63. The molecular formula is C19H29FN8. The van der Waals surface area contributed by atoms with Gasteiger partial charge in [-0.1, -0.05) is 13.0 Å². The highest BCUT2D eigenvalue weighted by molar-refractivity contribution is 5.79. The Kier molecular flexibility index (Phi) is 6.80. The monoisotopic (exact) mass is 388 g/mol. The molecular weight excluding hydrogens is 359 g/mol. The SMILES string of the molecule is CCN1CCN(c2ccc(CNC(=NC)NCc3ncnn3C)cc2F)CC1. The van der Waals surface area contributed by atoms with Crippen LogP contribution in [0.15, 0.2) is 29.5 Å². The zero-order chi connectivity index (χ0) is 19.9.